The summed E-state index contributed by atoms with van der Waals surface area (Å²) in [5, 5.41) is 11.0. The van der Waals surface area contributed by atoms with E-state index in [1.165, 1.54) is 23.8 Å². The summed E-state index contributed by atoms with van der Waals surface area (Å²) in [5.41, 5.74) is 0.0709. The number of carbonyl (C=O) groups excluding carboxylic acids is 1. The number of Topliss-reactive ketones (excluding diaryl/α,β-unsaturated/α-hetero) is 1. The molecule has 24 heavy (non-hydrogen) atoms. The number of nitriles is 1. The summed E-state index contributed by atoms with van der Waals surface area (Å²) in [5.74, 6) is -2.72. The average Bonchev–Trinajstić information content (AvgIpc) is 3.17. The fourth-order valence-corrected chi connectivity index (χ4v) is 3.15. The molecule has 1 aromatic carbocycles. The van der Waals surface area contributed by atoms with E-state index in [2.05, 4.69) is 4.98 Å². The highest BCUT2D eigenvalue weighted by Gasteiger charge is 2.28. The second-order valence-corrected chi connectivity index (χ2v) is 5.87. The molecule has 0 saturated carbocycles. The standard InChI is InChI=1S/C17H10F2N2O2S/c1-9-10(5-6-23-9)16(22)11(7-20)17-21-14(8-24-17)15-12(18)3-2-4-13(15)19/h2-6,8,11H,1H3/t11-/m0/s1. The van der Waals surface area contributed by atoms with Crippen molar-refractivity contribution in [2.75, 3.05) is 0 Å². The number of hydrogen-bond acceptors (Lipinski definition) is 5. The minimum Gasteiger partial charge on any atom is -0.469 e. The van der Waals surface area contributed by atoms with Crippen molar-refractivity contribution >= 4 is 17.1 Å². The number of hydrogen-bond donors (Lipinski definition) is 0. The van der Waals surface area contributed by atoms with Crippen LogP contribution < -0.4 is 0 Å². The van der Waals surface area contributed by atoms with Crippen molar-refractivity contribution in [3.8, 4) is 17.3 Å². The van der Waals surface area contributed by atoms with Crippen LogP contribution in [0.25, 0.3) is 11.3 Å². The third kappa shape index (κ3) is 2.72. The molecule has 0 unspecified atom stereocenters. The number of rotatable bonds is 4. The summed E-state index contributed by atoms with van der Waals surface area (Å²) in [6.45, 7) is 1.61. The predicted octanol–water partition coefficient (Wildman–Crippen LogP) is 4.48. The molecule has 0 fully saturated rings. The summed E-state index contributed by atoms with van der Waals surface area (Å²) < 4.78 is 32.8. The zero-order valence-electron chi connectivity index (χ0n) is 12.4. The lowest BCUT2D eigenvalue weighted by Gasteiger charge is -2.04. The molecule has 0 aliphatic heterocycles. The SMILES string of the molecule is Cc1occc1C(=O)[C@H](C#N)c1nc(-c2c(F)cccc2F)cs1. The Morgan fingerprint density at radius 1 is 1.33 bits per heavy atom. The van der Waals surface area contributed by atoms with Crippen molar-refractivity contribution in [1.82, 2.24) is 4.98 Å². The number of ketones is 1. The Hall–Kier alpha value is -2.85. The second-order valence-electron chi connectivity index (χ2n) is 4.98. The minimum absolute atomic E-state index is 0.0579. The molecule has 0 bridgehead atoms. The topological polar surface area (TPSA) is 66.9 Å². The van der Waals surface area contributed by atoms with Gasteiger partial charge in [0.25, 0.3) is 0 Å². The van der Waals surface area contributed by atoms with Crippen LogP contribution in [0.4, 0.5) is 8.78 Å². The fourth-order valence-electron chi connectivity index (χ4n) is 2.30. The highest BCUT2D eigenvalue weighted by Crippen LogP contribution is 2.31. The number of furan rings is 1. The third-order valence-electron chi connectivity index (χ3n) is 3.50. The molecular weight excluding hydrogens is 334 g/mol. The van der Waals surface area contributed by atoms with Gasteiger partial charge in [-0.05, 0) is 25.1 Å². The van der Waals surface area contributed by atoms with Gasteiger partial charge in [-0.3, -0.25) is 4.79 Å². The summed E-state index contributed by atoms with van der Waals surface area (Å²) in [4.78, 5) is 16.6. The van der Waals surface area contributed by atoms with E-state index in [1.54, 1.807) is 6.92 Å². The first kappa shape index (κ1) is 16.0. The first-order chi connectivity index (χ1) is 11.5. The van der Waals surface area contributed by atoms with Crippen LogP contribution in [-0.2, 0) is 0 Å². The molecule has 4 nitrogen and oxygen atoms in total. The molecular formula is C17H10F2N2O2S. The predicted molar refractivity (Wildman–Crippen MR) is 83.6 cm³/mol. The van der Waals surface area contributed by atoms with Gasteiger partial charge in [0.1, 0.15) is 22.4 Å². The Morgan fingerprint density at radius 3 is 2.62 bits per heavy atom. The number of carbonyl (C=O) groups is 1. The molecule has 7 heteroatoms. The molecule has 1 atom stereocenters. The molecule has 3 aromatic rings. The maximum atomic E-state index is 13.8. The van der Waals surface area contributed by atoms with Gasteiger partial charge in [-0.1, -0.05) is 6.07 Å². The van der Waals surface area contributed by atoms with Gasteiger partial charge < -0.3 is 4.42 Å². The van der Waals surface area contributed by atoms with Crippen LogP contribution >= 0.6 is 11.3 Å². The van der Waals surface area contributed by atoms with Crippen LogP contribution in [0, 0.1) is 29.9 Å². The van der Waals surface area contributed by atoms with Gasteiger partial charge in [0.2, 0.25) is 0 Å². The molecule has 0 N–H and O–H groups in total. The van der Waals surface area contributed by atoms with Crippen molar-refractivity contribution in [2.45, 2.75) is 12.8 Å². The molecule has 0 radical (unpaired) electrons. The van der Waals surface area contributed by atoms with Crippen LogP contribution in [0.1, 0.15) is 27.0 Å². The van der Waals surface area contributed by atoms with E-state index in [0.717, 1.165) is 23.5 Å². The smallest absolute Gasteiger partial charge is 0.190 e. The van der Waals surface area contributed by atoms with Gasteiger partial charge in [0.15, 0.2) is 11.7 Å². The fraction of sp³-hybridized carbons (Fsp3) is 0.118. The Labute approximate surface area is 140 Å². The van der Waals surface area contributed by atoms with Crippen molar-refractivity contribution < 1.29 is 18.0 Å². The van der Waals surface area contributed by atoms with Gasteiger partial charge in [0.05, 0.1) is 29.2 Å². The first-order valence-corrected chi connectivity index (χ1v) is 7.78. The minimum atomic E-state index is -1.16. The molecule has 0 aliphatic rings. The number of nitrogens with zero attached hydrogens (tertiary/aromatic N) is 2. The molecule has 0 aliphatic carbocycles. The first-order valence-electron chi connectivity index (χ1n) is 6.90. The van der Waals surface area contributed by atoms with E-state index in [9.17, 15) is 18.8 Å². The Morgan fingerprint density at radius 2 is 2.04 bits per heavy atom. The van der Waals surface area contributed by atoms with E-state index in [4.69, 9.17) is 4.42 Å². The molecule has 0 amide bonds. The van der Waals surface area contributed by atoms with Crippen LogP contribution in [0.15, 0.2) is 40.3 Å². The highest BCUT2D eigenvalue weighted by atomic mass is 32.1. The van der Waals surface area contributed by atoms with Gasteiger partial charge in [-0.15, -0.1) is 11.3 Å². The number of aryl methyl sites for hydroxylation is 1. The van der Waals surface area contributed by atoms with Gasteiger partial charge in [0, 0.05) is 5.38 Å². The summed E-state index contributed by atoms with van der Waals surface area (Å²) in [6.07, 6.45) is 1.36. The van der Waals surface area contributed by atoms with Crippen molar-refractivity contribution in [3.05, 3.63) is 63.9 Å². The summed E-state index contributed by atoms with van der Waals surface area (Å²) in [7, 11) is 0. The zero-order chi connectivity index (χ0) is 17.3. The zero-order valence-corrected chi connectivity index (χ0v) is 13.2. The van der Waals surface area contributed by atoms with Gasteiger partial charge in [-0.25, -0.2) is 13.8 Å². The largest absolute Gasteiger partial charge is 0.469 e. The Bertz CT molecular complexity index is 935. The number of aromatic nitrogens is 1. The van der Waals surface area contributed by atoms with E-state index in [1.807, 2.05) is 6.07 Å². The monoisotopic (exact) mass is 344 g/mol. The molecule has 3 rings (SSSR count). The van der Waals surface area contributed by atoms with Gasteiger partial charge in [-0.2, -0.15) is 5.26 Å². The van der Waals surface area contributed by atoms with Crippen LogP contribution in [0.5, 0.6) is 0 Å². The average molecular weight is 344 g/mol. The molecule has 0 saturated heterocycles. The van der Waals surface area contributed by atoms with Gasteiger partial charge >= 0.3 is 0 Å². The number of benzene rings is 1. The molecule has 120 valence electrons. The van der Waals surface area contributed by atoms with Crippen molar-refractivity contribution in [2.24, 2.45) is 0 Å². The number of halogens is 2. The van der Waals surface area contributed by atoms with Crippen LogP contribution in [0.2, 0.25) is 0 Å². The Balaban J connectivity index is 1.99. The van der Waals surface area contributed by atoms with E-state index in [-0.39, 0.29) is 21.8 Å². The quantitative estimate of drug-likeness (QED) is 0.655. The summed E-state index contributed by atoms with van der Waals surface area (Å²) in [6, 6.07) is 6.88. The van der Waals surface area contributed by atoms with Crippen molar-refractivity contribution in [1.29, 1.82) is 5.26 Å². The maximum Gasteiger partial charge on any atom is 0.190 e. The molecule has 0 spiro atoms. The van der Waals surface area contributed by atoms with E-state index in [0.29, 0.717) is 5.76 Å². The normalized spacial score (nSPS) is 11.9. The summed E-state index contributed by atoms with van der Waals surface area (Å²) >= 11 is 1.01. The second kappa shape index (κ2) is 6.34. The highest BCUT2D eigenvalue weighted by molar-refractivity contribution is 7.10. The van der Waals surface area contributed by atoms with E-state index < -0.39 is 23.3 Å². The molecule has 2 aromatic heterocycles. The lowest BCUT2D eigenvalue weighted by molar-refractivity contribution is 0.0977. The van der Waals surface area contributed by atoms with E-state index >= 15 is 0 Å². The molecule has 2 heterocycles. The lowest BCUT2D eigenvalue weighted by atomic mass is 10.00. The third-order valence-corrected chi connectivity index (χ3v) is 4.41. The Kier molecular flexibility index (Phi) is 4.23. The maximum absolute atomic E-state index is 13.8. The van der Waals surface area contributed by atoms with Crippen LogP contribution in [-0.4, -0.2) is 10.8 Å². The van der Waals surface area contributed by atoms with Crippen LogP contribution in [0.3, 0.4) is 0 Å². The lowest BCUT2D eigenvalue weighted by Crippen LogP contribution is -2.11. The number of thiazole rings is 1. The van der Waals surface area contributed by atoms with Crippen molar-refractivity contribution in [3.63, 3.8) is 0 Å².